The van der Waals surface area contributed by atoms with E-state index < -0.39 is 0 Å². The first-order valence-corrected chi connectivity index (χ1v) is 10.8. The van der Waals surface area contributed by atoms with Crippen LogP contribution in [-0.2, 0) is 6.42 Å². The average molecular weight is 412 g/mol. The number of hydrogen-bond acceptors (Lipinski definition) is 2. The fourth-order valence-electron chi connectivity index (χ4n) is 3.41. The van der Waals surface area contributed by atoms with Crippen LogP contribution in [0, 0.1) is 11.3 Å². The van der Waals surface area contributed by atoms with E-state index in [1.165, 1.54) is 24.8 Å². The van der Waals surface area contributed by atoms with Crippen LogP contribution in [0.15, 0.2) is 79.7 Å². The van der Waals surface area contributed by atoms with Crippen molar-refractivity contribution >= 4 is 16.7 Å². The van der Waals surface area contributed by atoms with Gasteiger partial charge in [-0.15, -0.1) is 0 Å². The van der Waals surface area contributed by atoms with Gasteiger partial charge in [0.25, 0.3) is 0 Å². The van der Waals surface area contributed by atoms with Gasteiger partial charge in [0.15, 0.2) is 0 Å². The van der Waals surface area contributed by atoms with Gasteiger partial charge < -0.3 is 0 Å². The molecular formula is C28H33N3. The molecule has 0 saturated heterocycles. The molecule has 3 nitrogen and oxygen atoms in total. The zero-order chi connectivity index (χ0) is 22.8. The molecule has 160 valence electrons. The van der Waals surface area contributed by atoms with Gasteiger partial charge in [-0.3, -0.25) is 4.57 Å². The Hall–Kier alpha value is -3.38. The maximum absolute atomic E-state index is 8.74. The van der Waals surface area contributed by atoms with Crippen molar-refractivity contribution in [3.05, 3.63) is 96.4 Å². The Morgan fingerprint density at radius 2 is 1.94 bits per heavy atom. The van der Waals surface area contributed by atoms with Crippen LogP contribution in [0.2, 0.25) is 0 Å². The van der Waals surface area contributed by atoms with Crippen molar-refractivity contribution in [3.63, 3.8) is 0 Å². The SMILES string of the molecule is C=CC(=C)n1cnc2cc(C#N)ccc21.CC1CCCc2ccccc21.CC=C(C)C. The van der Waals surface area contributed by atoms with Gasteiger partial charge in [-0.25, -0.2) is 4.98 Å². The Morgan fingerprint density at radius 3 is 2.55 bits per heavy atom. The minimum Gasteiger partial charge on any atom is -0.299 e. The third-order valence-corrected chi connectivity index (χ3v) is 5.47. The maximum Gasteiger partial charge on any atom is 0.100 e. The average Bonchev–Trinajstić information content (AvgIpc) is 3.23. The zero-order valence-electron chi connectivity index (χ0n) is 19.2. The van der Waals surface area contributed by atoms with Gasteiger partial charge in [0, 0.05) is 5.70 Å². The van der Waals surface area contributed by atoms with Crippen LogP contribution in [-0.4, -0.2) is 9.55 Å². The normalized spacial score (nSPS) is 14.0. The highest BCUT2D eigenvalue weighted by Crippen LogP contribution is 2.30. The van der Waals surface area contributed by atoms with E-state index in [9.17, 15) is 0 Å². The summed E-state index contributed by atoms with van der Waals surface area (Å²) in [7, 11) is 0. The fraction of sp³-hybridized carbons (Fsp3) is 0.286. The lowest BCUT2D eigenvalue weighted by Gasteiger charge is -2.21. The van der Waals surface area contributed by atoms with E-state index in [0.29, 0.717) is 5.56 Å². The van der Waals surface area contributed by atoms with Crippen molar-refractivity contribution in [1.82, 2.24) is 9.55 Å². The first-order valence-electron chi connectivity index (χ1n) is 10.8. The van der Waals surface area contributed by atoms with Gasteiger partial charge in [-0.2, -0.15) is 5.26 Å². The summed E-state index contributed by atoms with van der Waals surface area (Å²) in [6, 6.07) is 16.3. The molecule has 1 aliphatic carbocycles. The van der Waals surface area contributed by atoms with Gasteiger partial charge in [-0.1, -0.05) is 56.0 Å². The standard InChI is InChI=1S/C12H9N3.C11H14.C5H10/c1-3-9(2)15-8-14-11-6-10(7-13)4-5-12(11)15;1-9-5-4-7-10-6-2-3-8-11(9)10;1-4-5(2)3/h3-6,8H,1-2H2;2-3,6,8-9H,4-5,7H2,1H3;4H,1-3H3. The number of aryl methyl sites for hydroxylation is 1. The van der Waals surface area contributed by atoms with E-state index in [-0.39, 0.29) is 0 Å². The monoisotopic (exact) mass is 411 g/mol. The second-order valence-electron chi connectivity index (χ2n) is 7.98. The molecule has 3 aromatic rings. The van der Waals surface area contributed by atoms with Crippen molar-refractivity contribution in [2.24, 2.45) is 0 Å². The molecule has 0 saturated carbocycles. The van der Waals surface area contributed by atoms with Crippen LogP contribution in [0.1, 0.15) is 63.1 Å². The smallest absolute Gasteiger partial charge is 0.100 e. The molecule has 0 radical (unpaired) electrons. The molecule has 0 aliphatic heterocycles. The predicted octanol–water partition coefficient (Wildman–Crippen LogP) is 7.66. The Bertz CT molecular complexity index is 1100. The third kappa shape index (κ3) is 6.55. The second-order valence-corrected chi connectivity index (χ2v) is 7.98. The summed E-state index contributed by atoms with van der Waals surface area (Å²) in [5.74, 6) is 0.792. The maximum atomic E-state index is 8.74. The minimum absolute atomic E-state index is 0.608. The molecule has 0 amide bonds. The number of fused-ring (bicyclic) bond motifs is 2. The molecule has 1 unspecified atom stereocenters. The van der Waals surface area contributed by atoms with E-state index in [4.69, 9.17) is 5.26 Å². The number of rotatable bonds is 2. The van der Waals surface area contributed by atoms with E-state index in [1.807, 2.05) is 17.6 Å². The van der Waals surface area contributed by atoms with E-state index >= 15 is 0 Å². The first-order chi connectivity index (χ1) is 14.9. The topological polar surface area (TPSA) is 41.6 Å². The summed E-state index contributed by atoms with van der Waals surface area (Å²) in [6.07, 6.45) is 9.46. The molecule has 1 atom stereocenters. The second kappa shape index (κ2) is 11.7. The van der Waals surface area contributed by atoms with E-state index in [1.54, 1.807) is 35.7 Å². The van der Waals surface area contributed by atoms with E-state index in [0.717, 1.165) is 22.6 Å². The van der Waals surface area contributed by atoms with Crippen LogP contribution in [0.25, 0.3) is 16.7 Å². The van der Waals surface area contributed by atoms with Crippen LogP contribution in [0.4, 0.5) is 0 Å². The molecule has 1 heterocycles. The highest BCUT2D eigenvalue weighted by Gasteiger charge is 2.14. The molecule has 0 bridgehead atoms. The molecule has 0 N–H and O–H groups in total. The molecule has 31 heavy (non-hydrogen) atoms. The minimum atomic E-state index is 0.608. The highest BCUT2D eigenvalue weighted by atomic mass is 15.0. The number of imidazole rings is 1. The number of allylic oxidation sites excluding steroid dienone is 4. The number of benzene rings is 2. The number of hydrogen-bond donors (Lipinski definition) is 0. The Balaban J connectivity index is 0.000000187. The lowest BCUT2D eigenvalue weighted by atomic mass is 9.84. The fourth-order valence-corrected chi connectivity index (χ4v) is 3.41. The van der Waals surface area contributed by atoms with Crippen molar-refractivity contribution in [1.29, 1.82) is 5.26 Å². The summed E-state index contributed by atoms with van der Waals surface area (Å²) in [4.78, 5) is 4.20. The first kappa shape index (κ1) is 23.9. The van der Waals surface area contributed by atoms with Gasteiger partial charge >= 0.3 is 0 Å². The molecule has 2 aromatic carbocycles. The molecule has 0 fully saturated rings. The van der Waals surface area contributed by atoms with Crippen LogP contribution < -0.4 is 0 Å². The van der Waals surface area contributed by atoms with Crippen LogP contribution >= 0.6 is 0 Å². The van der Waals surface area contributed by atoms with Crippen molar-refractivity contribution in [2.45, 2.75) is 52.9 Å². The molecule has 1 aliphatic rings. The van der Waals surface area contributed by atoms with Crippen molar-refractivity contribution < 1.29 is 0 Å². The molecular weight excluding hydrogens is 378 g/mol. The zero-order valence-corrected chi connectivity index (χ0v) is 19.2. The molecule has 1 aromatic heterocycles. The summed E-state index contributed by atoms with van der Waals surface area (Å²) in [5, 5.41) is 8.74. The lowest BCUT2D eigenvalue weighted by Crippen LogP contribution is -2.05. The highest BCUT2D eigenvalue weighted by molar-refractivity contribution is 5.81. The Kier molecular flexibility index (Phi) is 9.03. The van der Waals surface area contributed by atoms with Gasteiger partial charge in [-0.05, 0) is 81.4 Å². The van der Waals surface area contributed by atoms with Crippen molar-refractivity contribution in [2.75, 3.05) is 0 Å². The quantitative estimate of drug-likeness (QED) is 0.321. The molecule has 3 heteroatoms. The Labute approximate surface area is 187 Å². The number of aromatic nitrogens is 2. The Morgan fingerprint density at radius 1 is 1.23 bits per heavy atom. The summed E-state index contributed by atoms with van der Waals surface area (Å²) >= 11 is 0. The van der Waals surface area contributed by atoms with Crippen LogP contribution in [0.3, 0.4) is 0 Å². The third-order valence-electron chi connectivity index (χ3n) is 5.47. The van der Waals surface area contributed by atoms with E-state index in [2.05, 4.69) is 75.3 Å². The molecule has 4 rings (SSSR count). The van der Waals surface area contributed by atoms with Gasteiger partial charge in [0.05, 0.1) is 22.7 Å². The number of nitriles is 1. The largest absolute Gasteiger partial charge is 0.299 e. The van der Waals surface area contributed by atoms with Gasteiger partial charge in [0.2, 0.25) is 0 Å². The summed E-state index contributed by atoms with van der Waals surface area (Å²) < 4.78 is 1.84. The molecule has 0 spiro atoms. The van der Waals surface area contributed by atoms with Crippen LogP contribution in [0.5, 0.6) is 0 Å². The predicted molar refractivity (Wildman–Crippen MR) is 133 cm³/mol. The lowest BCUT2D eigenvalue weighted by molar-refractivity contribution is 0.590. The summed E-state index contributed by atoms with van der Waals surface area (Å²) in [5.41, 5.74) is 7.63. The number of nitrogens with zero attached hydrogens (tertiary/aromatic N) is 3. The van der Waals surface area contributed by atoms with Gasteiger partial charge in [0.1, 0.15) is 6.33 Å². The summed E-state index contributed by atoms with van der Waals surface area (Å²) in [6.45, 7) is 16.0. The van der Waals surface area contributed by atoms with Crippen molar-refractivity contribution in [3.8, 4) is 6.07 Å².